The van der Waals surface area contributed by atoms with Crippen LogP contribution in [0.5, 0.6) is 5.75 Å². The number of nitrogens with zero attached hydrogens (tertiary/aromatic N) is 1. The third kappa shape index (κ3) is 3.40. The van der Waals surface area contributed by atoms with E-state index in [1.165, 1.54) is 6.07 Å². The predicted molar refractivity (Wildman–Crippen MR) is 80.8 cm³/mol. The van der Waals surface area contributed by atoms with Gasteiger partial charge in [-0.15, -0.1) is 0 Å². The molecule has 0 saturated carbocycles. The van der Waals surface area contributed by atoms with Crippen LogP contribution in [0.15, 0.2) is 36.4 Å². The number of non-ortho nitro benzene ring substituents is 1. The predicted octanol–water partition coefficient (Wildman–Crippen LogP) is 3.07. The summed E-state index contributed by atoms with van der Waals surface area (Å²) in [7, 11) is 0. The number of hydrogen-bond acceptors (Lipinski definition) is 5. The molecule has 6 heteroatoms. The molecule has 0 radical (unpaired) electrons. The summed E-state index contributed by atoms with van der Waals surface area (Å²) in [5.41, 5.74) is 0.0827. The molecule has 0 heterocycles. The van der Waals surface area contributed by atoms with E-state index in [9.17, 15) is 10.1 Å². The Hall–Kier alpha value is -1.79. The summed E-state index contributed by atoms with van der Waals surface area (Å²) in [6.45, 7) is 1.44. The Morgan fingerprint density at radius 3 is 2.50 bits per heavy atom. The van der Waals surface area contributed by atoms with Gasteiger partial charge in [0.15, 0.2) is 0 Å². The third-order valence-electron chi connectivity index (χ3n) is 2.78. The second-order valence-corrected chi connectivity index (χ2v) is 4.52. The Bertz CT molecular complexity index is 603. The van der Waals surface area contributed by atoms with E-state index in [1.54, 1.807) is 18.2 Å². The average Bonchev–Trinajstić information content (AvgIpc) is 2.46. The highest BCUT2D eigenvalue weighted by molar-refractivity contribution is 7.80. The van der Waals surface area contributed by atoms with Crippen molar-refractivity contribution in [1.82, 2.24) is 0 Å². The maximum Gasteiger partial charge on any atom is 0.277 e. The zero-order valence-electron chi connectivity index (χ0n) is 10.8. The first-order valence-corrected chi connectivity index (χ1v) is 6.85. The van der Waals surface area contributed by atoms with Crippen molar-refractivity contribution in [1.29, 1.82) is 0 Å². The minimum absolute atomic E-state index is 0.0827. The van der Waals surface area contributed by atoms with Gasteiger partial charge in [-0.2, -0.15) is 12.6 Å². The Morgan fingerprint density at radius 1 is 1.05 bits per heavy atom. The summed E-state index contributed by atoms with van der Waals surface area (Å²) in [6, 6.07) is 10.2. The van der Waals surface area contributed by atoms with Crippen LogP contribution in [0.3, 0.4) is 0 Å². The van der Waals surface area contributed by atoms with Crippen LogP contribution in [0.2, 0.25) is 0 Å². The van der Waals surface area contributed by atoms with Crippen molar-refractivity contribution in [2.75, 3.05) is 25.6 Å². The van der Waals surface area contributed by atoms with E-state index in [1.807, 2.05) is 12.1 Å². The molecule has 0 bridgehead atoms. The van der Waals surface area contributed by atoms with Gasteiger partial charge in [0.1, 0.15) is 12.4 Å². The smallest absolute Gasteiger partial charge is 0.277 e. The van der Waals surface area contributed by atoms with Crippen LogP contribution in [-0.2, 0) is 4.74 Å². The van der Waals surface area contributed by atoms with Crippen molar-refractivity contribution in [2.45, 2.75) is 0 Å². The number of fused-ring (bicyclic) bond motifs is 1. The van der Waals surface area contributed by atoms with Crippen molar-refractivity contribution in [2.24, 2.45) is 0 Å². The number of hydrogen-bond donors (Lipinski definition) is 1. The molecular formula is C14H15NO4S. The summed E-state index contributed by atoms with van der Waals surface area (Å²) in [5.74, 6) is 1.29. The fraction of sp³-hybridized carbons (Fsp3) is 0.286. The van der Waals surface area contributed by atoms with Crippen molar-refractivity contribution in [3.63, 3.8) is 0 Å². The number of ether oxygens (including phenoxy) is 2. The fourth-order valence-electron chi connectivity index (χ4n) is 1.92. The Labute approximate surface area is 122 Å². The molecule has 0 fully saturated rings. The van der Waals surface area contributed by atoms with Crippen LogP contribution in [0.25, 0.3) is 10.8 Å². The molecule has 2 rings (SSSR count). The number of rotatable bonds is 7. The van der Waals surface area contributed by atoms with Gasteiger partial charge in [-0.25, -0.2) is 0 Å². The van der Waals surface area contributed by atoms with E-state index >= 15 is 0 Å². The minimum atomic E-state index is -0.387. The zero-order chi connectivity index (χ0) is 14.4. The molecule has 20 heavy (non-hydrogen) atoms. The first kappa shape index (κ1) is 14.6. The van der Waals surface area contributed by atoms with Gasteiger partial charge in [0.25, 0.3) is 5.69 Å². The molecule has 2 aromatic rings. The second kappa shape index (κ2) is 7.12. The topological polar surface area (TPSA) is 61.6 Å². The fourth-order valence-corrected chi connectivity index (χ4v) is 2.05. The van der Waals surface area contributed by atoms with Gasteiger partial charge in [0.2, 0.25) is 0 Å². The van der Waals surface area contributed by atoms with Crippen molar-refractivity contribution >= 4 is 29.1 Å². The van der Waals surface area contributed by atoms with Crippen LogP contribution in [0.1, 0.15) is 0 Å². The van der Waals surface area contributed by atoms with Gasteiger partial charge < -0.3 is 9.47 Å². The first-order valence-electron chi connectivity index (χ1n) is 6.21. The zero-order valence-corrected chi connectivity index (χ0v) is 11.7. The van der Waals surface area contributed by atoms with Gasteiger partial charge in [0, 0.05) is 17.2 Å². The van der Waals surface area contributed by atoms with Gasteiger partial charge >= 0.3 is 0 Å². The Kier molecular flexibility index (Phi) is 5.20. The summed E-state index contributed by atoms with van der Waals surface area (Å²) in [4.78, 5) is 10.6. The molecule has 0 aromatic heterocycles. The molecular weight excluding hydrogens is 278 g/mol. The number of thiol groups is 1. The maximum atomic E-state index is 11.0. The van der Waals surface area contributed by atoms with Crippen LogP contribution in [0.4, 0.5) is 5.69 Å². The van der Waals surface area contributed by atoms with Gasteiger partial charge in [-0.1, -0.05) is 18.2 Å². The van der Waals surface area contributed by atoms with Crippen LogP contribution in [-0.4, -0.2) is 30.5 Å². The standard InChI is InChI=1S/C14H15NO4S/c16-15(17)13-5-6-14(19-8-7-18-9-10-20)12-4-2-1-3-11(12)13/h1-6,20H,7-10H2. The van der Waals surface area contributed by atoms with Crippen LogP contribution >= 0.6 is 12.6 Å². The van der Waals surface area contributed by atoms with Crippen molar-refractivity contribution in [3.8, 4) is 5.75 Å². The summed E-state index contributed by atoms with van der Waals surface area (Å²) in [5, 5.41) is 12.3. The summed E-state index contributed by atoms with van der Waals surface area (Å²) in [6.07, 6.45) is 0. The monoisotopic (exact) mass is 293 g/mol. The van der Waals surface area contributed by atoms with Crippen molar-refractivity contribution in [3.05, 3.63) is 46.5 Å². The third-order valence-corrected chi connectivity index (χ3v) is 2.96. The second-order valence-electron chi connectivity index (χ2n) is 4.07. The van der Waals surface area contributed by atoms with Crippen LogP contribution < -0.4 is 4.74 Å². The summed E-state index contributed by atoms with van der Waals surface area (Å²) >= 11 is 4.04. The first-order chi connectivity index (χ1) is 9.74. The normalized spacial score (nSPS) is 10.7. The lowest BCUT2D eigenvalue weighted by Crippen LogP contribution is -2.08. The van der Waals surface area contributed by atoms with Gasteiger partial charge in [0.05, 0.1) is 23.5 Å². The highest BCUT2D eigenvalue weighted by atomic mass is 32.1. The Balaban J connectivity index is 2.18. The number of nitro benzene ring substituents is 1. The van der Waals surface area contributed by atoms with E-state index in [4.69, 9.17) is 9.47 Å². The largest absolute Gasteiger partial charge is 0.491 e. The molecule has 0 spiro atoms. The highest BCUT2D eigenvalue weighted by Gasteiger charge is 2.14. The maximum absolute atomic E-state index is 11.0. The molecule has 5 nitrogen and oxygen atoms in total. The molecule has 0 aliphatic heterocycles. The van der Waals surface area contributed by atoms with E-state index in [0.29, 0.717) is 36.7 Å². The molecule has 0 amide bonds. The van der Waals surface area contributed by atoms with E-state index in [0.717, 1.165) is 5.39 Å². The van der Waals surface area contributed by atoms with E-state index in [-0.39, 0.29) is 10.6 Å². The number of benzene rings is 2. The molecule has 106 valence electrons. The van der Waals surface area contributed by atoms with Gasteiger partial charge in [-0.05, 0) is 12.1 Å². The molecule has 2 aromatic carbocycles. The molecule has 0 saturated heterocycles. The molecule has 0 atom stereocenters. The lowest BCUT2D eigenvalue weighted by atomic mass is 10.1. The molecule has 0 N–H and O–H groups in total. The van der Waals surface area contributed by atoms with E-state index < -0.39 is 0 Å². The molecule has 0 aliphatic carbocycles. The van der Waals surface area contributed by atoms with Crippen LogP contribution in [0, 0.1) is 10.1 Å². The lowest BCUT2D eigenvalue weighted by Gasteiger charge is -2.09. The SMILES string of the molecule is O=[N+]([O-])c1ccc(OCCOCCS)c2ccccc12. The molecule has 0 aliphatic rings. The van der Waals surface area contributed by atoms with Gasteiger partial charge in [-0.3, -0.25) is 10.1 Å². The van der Waals surface area contributed by atoms with Crippen molar-refractivity contribution < 1.29 is 14.4 Å². The molecule has 0 unspecified atom stereocenters. The van der Waals surface area contributed by atoms with E-state index in [2.05, 4.69) is 12.6 Å². The number of nitro groups is 1. The highest BCUT2D eigenvalue weighted by Crippen LogP contribution is 2.32. The lowest BCUT2D eigenvalue weighted by molar-refractivity contribution is -0.383. The quantitative estimate of drug-likeness (QED) is 0.369. The summed E-state index contributed by atoms with van der Waals surface area (Å²) < 4.78 is 10.9. The Morgan fingerprint density at radius 2 is 1.80 bits per heavy atom. The average molecular weight is 293 g/mol. The minimum Gasteiger partial charge on any atom is -0.491 e.